The Kier molecular flexibility index (Phi) is 6.57. The number of para-hydroxylation sites is 1. The van der Waals surface area contributed by atoms with E-state index in [9.17, 15) is 0 Å². The summed E-state index contributed by atoms with van der Waals surface area (Å²) in [6.07, 6.45) is 0. The second kappa shape index (κ2) is 11.5. The first-order chi connectivity index (χ1) is 24.8. The van der Waals surface area contributed by atoms with Gasteiger partial charge in [-0.2, -0.15) is 0 Å². The number of benzene rings is 9. The molecule has 1 heterocycles. The van der Waals surface area contributed by atoms with E-state index in [2.05, 4.69) is 188 Å². The SMILES string of the molecule is c1ccc(-c2c(-c3ccccc3)c3ccc(-c4c5ccccc5c(-c5ccc6ccccc6n5)c5ccccc45)cc3c3ccccc23)cc1. The van der Waals surface area contributed by atoms with Gasteiger partial charge in [0, 0.05) is 10.9 Å². The minimum Gasteiger partial charge on any atom is -0.248 e. The second-order valence-electron chi connectivity index (χ2n) is 13.0. The number of nitrogens with zero attached hydrogens (tertiary/aromatic N) is 1. The largest absolute Gasteiger partial charge is 0.248 e. The van der Waals surface area contributed by atoms with Gasteiger partial charge < -0.3 is 0 Å². The maximum atomic E-state index is 5.19. The summed E-state index contributed by atoms with van der Waals surface area (Å²) in [6.45, 7) is 0. The first kappa shape index (κ1) is 28.4. The number of fused-ring (bicyclic) bond motifs is 6. The molecule has 0 unspecified atom stereocenters. The number of aromatic nitrogens is 1. The van der Waals surface area contributed by atoms with Crippen molar-refractivity contribution in [3.8, 4) is 44.6 Å². The minimum atomic E-state index is 0.994. The van der Waals surface area contributed by atoms with Gasteiger partial charge >= 0.3 is 0 Å². The molecule has 50 heavy (non-hydrogen) atoms. The fourth-order valence-electron chi connectivity index (χ4n) is 8.08. The zero-order chi connectivity index (χ0) is 33.0. The maximum absolute atomic E-state index is 5.19. The molecule has 0 atom stereocenters. The lowest BCUT2D eigenvalue weighted by molar-refractivity contribution is 1.42. The predicted molar refractivity (Wildman–Crippen MR) is 214 cm³/mol. The Hall–Kier alpha value is -6.57. The normalized spacial score (nSPS) is 11.6. The van der Waals surface area contributed by atoms with E-state index >= 15 is 0 Å². The monoisotopic (exact) mass is 633 g/mol. The van der Waals surface area contributed by atoms with Crippen molar-refractivity contribution in [1.29, 1.82) is 0 Å². The van der Waals surface area contributed by atoms with Crippen LogP contribution in [0.25, 0.3) is 98.6 Å². The van der Waals surface area contributed by atoms with Gasteiger partial charge in [0.15, 0.2) is 0 Å². The number of rotatable bonds is 4. The van der Waals surface area contributed by atoms with Gasteiger partial charge in [-0.05, 0) is 94.7 Å². The van der Waals surface area contributed by atoms with Crippen molar-refractivity contribution in [2.75, 3.05) is 0 Å². The lowest BCUT2D eigenvalue weighted by Gasteiger charge is -2.20. The minimum absolute atomic E-state index is 0.994. The summed E-state index contributed by atoms with van der Waals surface area (Å²) in [7, 11) is 0. The molecule has 0 aliphatic rings. The number of hydrogen-bond acceptors (Lipinski definition) is 1. The Morgan fingerprint density at radius 2 is 0.720 bits per heavy atom. The summed E-state index contributed by atoms with van der Waals surface area (Å²) in [5, 5.41) is 11.0. The zero-order valence-electron chi connectivity index (χ0n) is 27.3. The molecule has 0 fully saturated rings. The van der Waals surface area contributed by atoms with E-state index in [-0.39, 0.29) is 0 Å². The molecule has 0 N–H and O–H groups in total. The van der Waals surface area contributed by atoms with Crippen molar-refractivity contribution in [2.24, 2.45) is 0 Å². The van der Waals surface area contributed by atoms with Crippen molar-refractivity contribution >= 4 is 54.0 Å². The van der Waals surface area contributed by atoms with Crippen LogP contribution in [0.3, 0.4) is 0 Å². The van der Waals surface area contributed by atoms with Crippen molar-refractivity contribution in [2.45, 2.75) is 0 Å². The highest BCUT2D eigenvalue weighted by atomic mass is 14.7. The number of pyridine rings is 1. The summed E-state index contributed by atoms with van der Waals surface area (Å²) in [5.74, 6) is 0. The Labute approximate surface area is 290 Å². The molecule has 1 nitrogen and oxygen atoms in total. The Morgan fingerprint density at radius 3 is 1.32 bits per heavy atom. The average molecular weight is 634 g/mol. The Bertz CT molecular complexity index is 2850. The van der Waals surface area contributed by atoms with E-state index < -0.39 is 0 Å². The molecule has 0 spiro atoms. The molecule has 232 valence electrons. The van der Waals surface area contributed by atoms with Crippen LogP contribution in [0.2, 0.25) is 0 Å². The molecule has 0 radical (unpaired) electrons. The van der Waals surface area contributed by atoms with Gasteiger partial charge in [0.25, 0.3) is 0 Å². The number of hydrogen-bond donors (Lipinski definition) is 0. The van der Waals surface area contributed by atoms with E-state index in [4.69, 9.17) is 4.98 Å². The van der Waals surface area contributed by atoms with Crippen LogP contribution < -0.4 is 0 Å². The van der Waals surface area contributed by atoms with Crippen LogP contribution in [0, 0.1) is 0 Å². The summed E-state index contributed by atoms with van der Waals surface area (Å²) in [5.41, 5.74) is 10.6. The fourth-order valence-corrected chi connectivity index (χ4v) is 8.08. The quantitative estimate of drug-likeness (QED) is 0.139. The zero-order valence-corrected chi connectivity index (χ0v) is 27.3. The summed E-state index contributed by atoms with van der Waals surface area (Å²) >= 11 is 0. The molecule has 1 heteroatoms. The van der Waals surface area contributed by atoms with Crippen molar-refractivity contribution in [3.05, 3.63) is 188 Å². The van der Waals surface area contributed by atoms with Crippen LogP contribution in [0.4, 0.5) is 0 Å². The lowest BCUT2D eigenvalue weighted by atomic mass is 9.83. The van der Waals surface area contributed by atoms with Crippen LogP contribution in [-0.4, -0.2) is 4.98 Å². The predicted octanol–water partition coefficient (Wildman–Crippen LogP) is 13.5. The van der Waals surface area contributed by atoms with Gasteiger partial charge in [-0.15, -0.1) is 0 Å². The summed E-state index contributed by atoms with van der Waals surface area (Å²) in [6, 6.07) is 68.1. The van der Waals surface area contributed by atoms with Crippen molar-refractivity contribution in [3.63, 3.8) is 0 Å². The van der Waals surface area contributed by atoms with Gasteiger partial charge in [-0.25, -0.2) is 4.98 Å². The second-order valence-corrected chi connectivity index (χ2v) is 13.0. The van der Waals surface area contributed by atoms with Gasteiger partial charge in [-0.3, -0.25) is 0 Å². The smallest absolute Gasteiger partial charge is 0.0722 e. The third-order valence-corrected chi connectivity index (χ3v) is 10.2. The van der Waals surface area contributed by atoms with E-state index in [1.54, 1.807) is 0 Å². The molecule has 1 aromatic heterocycles. The molecule has 0 saturated carbocycles. The highest BCUT2D eigenvalue weighted by molar-refractivity contribution is 6.25. The topological polar surface area (TPSA) is 12.9 Å². The lowest BCUT2D eigenvalue weighted by Crippen LogP contribution is -1.94. The standard InChI is InChI=1S/C49H31N/c1-3-16-33(17-4-1)47-37-21-9-8-20-36(37)43-31-35(27-29-42(43)48(47)34-18-5-2-6-19-34)46-38-22-10-12-24-40(38)49(41-25-13-11-23-39(41)46)45-30-28-32-15-7-14-26-44(32)50-45/h1-31H. The first-order valence-corrected chi connectivity index (χ1v) is 17.2. The fraction of sp³-hybridized carbons (Fsp3) is 0. The van der Waals surface area contributed by atoms with Gasteiger partial charge in [0.2, 0.25) is 0 Å². The van der Waals surface area contributed by atoms with Crippen LogP contribution in [-0.2, 0) is 0 Å². The van der Waals surface area contributed by atoms with Crippen LogP contribution in [0.5, 0.6) is 0 Å². The molecule has 0 aliphatic heterocycles. The molecule has 0 bridgehead atoms. The molecule has 0 saturated heterocycles. The van der Waals surface area contributed by atoms with E-state index in [0.29, 0.717) is 0 Å². The van der Waals surface area contributed by atoms with Gasteiger partial charge in [0.1, 0.15) is 0 Å². The third-order valence-electron chi connectivity index (χ3n) is 10.2. The molecule has 10 aromatic rings. The average Bonchev–Trinajstić information content (AvgIpc) is 3.19. The van der Waals surface area contributed by atoms with E-state index in [0.717, 1.165) is 16.6 Å². The van der Waals surface area contributed by atoms with Gasteiger partial charge in [0.05, 0.1) is 11.2 Å². The first-order valence-electron chi connectivity index (χ1n) is 17.2. The van der Waals surface area contributed by atoms with Crippen LogP contribution in [0.1, 0.15) is 0 Å². The van der Waals surface area contributed by atoms with Crippen molar-refractivity contribution < 1.29 is 0 Å². The Morgan fingerprint density at radius 1 is 0.260 bits per heavy atom. The highest BCUT2D eigenvalue weighted by Gasteiger charge is 2.21. The molecular weight excluding hydrogens is 603 g/mol. The molecule has 10 rings (SSSR count). The Balaban J connectivity index is 1.31. The molecule has 0 amide bonds. The molecule has 0 aliphatic carbocycles. The summed E-state index contributed by atoms with van der Waals surface area (Å²) < 4.78 is 0. The molecule has 9 aromatic carbocycles. The third kappa shape index (κ3) is 4.45. The summed E-state index contributed by atoms with van der Waals surface area (Å²) in [4.78, 5) is 5.19. The van der Waals surface area contributed by atoms with E-state index in [1.807, 2.05) is 0 Å². The highest BCUT2D eigenvalue weighted by Crippen LogP contribution is 2.48. The maximum Gasteiger partial charge on any atom is 0.0722 e. The van der Waals surface area contributed by atoms with E-state index in [1.165, 1.54) is 82.0 Å². The molecular formula is C49H31N. The van der Waals surface area contributed by atoms with Crippen molar-refractivity contribution in [1.82, 2.24) is 4.98 Å². The van der Waals surface area contributed by atoms with Gasteiger partial charge in [-0.1, -0.05) is 170 Å². The van der Waals surface area contributed by atoms with Crippen LogP contribution in [0.15, 0.2) is 188 Å². The van der Waals surface area contributed by atoms with Crippen LogP contribution >= 0.6 is 0 Å².